The molecule has 0 bridgehead atoms. The van der Waals surface area contributed by atoms with E-state index in [9.17, 15) is 13.2 Å². The van der Waals surface area contributed by atoms with Gasteiger partial charge in [-0.15, -0.1) is 0 Å². The van der Waals surface area contributed by atoms with Gasteiger partial charge in [0.25, 0.3) is 5.91 Å². The predicted molar refractivity (Wildman–Crippen MR) is 99.0 cm³/mol. The molecule has 0 radical (unpaired) electrons. The van der Waals surface area contributed by atoms with E-state index in [0.29, 0.717) is 18.7 Å². The summed E-state index contributed by atoms with van der Waals surface area (Å²) in [4.78, 5) is 14.5. The van der Waals surface area contributed by atoms with Crippen LogP contribution in [-0.4, -0.2) is 32.8 Å². The Morgan fingerprint density at radius 2 is 1.72 bits per heavy atom. The van der Waals surface area contributed by atoms with E-state index in [1.54, 1.807) is 31.9 Å². The lowest BCUT2D eigenvalue weighted by Crippen LogP contribution is -2.28. The fourth-order valence-electron chi connectivity index (χ4n) is 2.52. The van der Waals surface area contributed by atoms with Gasteiger partial charge in [0.05, 0.1) is 4.90 Å². The average Bonchev–Trinajstić information content (AvgIpc) is 2.56. The summed E-state index contributed by atoms with van der Waals surface area (Å²) in [6.07, 6.45) is 0. The number of nitrogens with one attached hydrogen (secondary N) is 1. The summed E-state index contributed by atoms with van der Waals surface area (Å²) in [5.41, 5.74) is 3.33. The zero-order valence-corrected chi connectivity index (χ0v) is 15.9. The standard InChI is InChI=1S/C19H24N2O3S/c1-5-20-25(23,24)17-11-8-15(3)18(12-17)19(22)21(4)13-16-9-6-14(2)7-10-16/h6-12,20H,5,13H2,1-4H3. The van der Waals surface area contributed by atoms with Crippen LogP contribution >= 0.6 is 0 Å². The van der Waals surface area contributed by atoms with Crippen molar-refractivity contribution in [2.45, 2.75) is 32.2 Å². The minimum Gasteiger partial charge on any atom is -0.337 e. The van der Waals surface area contributed by atoms with Crippen molar-refractivity contribution in [3.63, 3.8) is 0 Å². The lowest BCUT2D eigenvalue weighted by molar-refractivity contribution is 0.0784. The highest BCUT2D eigenvalue weighted by Crippen LogP contribution is 2.18. The molecule has 0 unspecified atom stereocenters. The molecule has 0 aromatic heterocycles. The topological polar surface area (TPSA) is 66.5 Å². The monoisotopic (exact) mass is 360 g/mol. The summed E-state index contributed by atoms with van der Waals surface area (Å²) in [7, 11) is -1.88. The molecule has 0 saturated heterocycles. The fourth-order valence-corrected chi connectivity index (χ4v) is 3.58. The summed E-state index contributed by atoms with van der Waals surface area (Å²) in [5, 5.41) is 0. The van der Waals surface area contributed by atoms with E-state index in [1.807, 2.05) is 31.2 Å². The first kappa shape index (κ1) is 19.1. The van der Waals surface area contributed by atoms with Crippen molar-refractivity contribution in [3.8, 4) is 0 Å². The van der Waals surface area contributed by atoms with Gasteiger partial charge in [0.2, 0.25) is 10.0 Å². The van der Waals surface area contributed by atoms with Crippen molar-refractivity contribution in [2.24, 2.45) is 0 Å². The quantitative estimate of drug-likeness (QED) is 0.861. The third-order valence-electron chi connectivity index (χ3n) is 3.97. The number of sulfonamides is 1. The summed E-state index contributed by atoms with van der Waals surface area (Å²) in [6, 6.07) is 12.6. The van der Waals surface area contributed by atoms with Crippen molar-refractivity contribution in [3.05, 3.63) is 64.7 Å². The van der Waals surface area contributed by atoms with E-state index in [0.717, 1.165) is 16.7 Å². The van der Waals surface area contributed by atoms with Gasteiger partial charge in [-0.3, -0.25) is 4.79 Å². The SMILES string of the molecule is CCNS(=O)(=O)c1ccc(C)c(C(=O)N(C)Cc2ccc(C)cc2)c1. The van der Waals surface area contributed by atoms with Crippen LogP contribution in [0.2, 0.25) is 0 Å². The van der Waals surface area contributed by atoms with Crippen LogP contribution < -0.4 is 4.72 Å². The second-order valence-corrected chi connectivity index (χ2v) is 7.89. The number of carbonyl (C=O) groups is 1. The maximum Gasteiger partial charge on any atom is 0.254 e. The van der Waals surface area contributed by atoms with Crippen LogP contribution in [0, 0.1) is 13.8 Å². The second-order valence-electron chi connectivity index (χ2n) is 6.12. The molecule has 2 aromatic carbocycles. The summed E-state index contributed by atoms with van der Waals surface area (Å²) < 4.78 is 26.8. The Bertz CT molecular complexity index is 859. The molecular formula is C19H24N2O3S. The Labute approximate surface area is 149 Å². The van der Waals surface area contributed by atoms with Gasteiger partial charge < -0.3 is 4.90 Å². The summed E-state index contributed by atoms with van der Waals surface area (Å²) >= 11 is 0. The first-order valence-corrected chi connectivity index (χ1v) is 9.64. The van der Waals surface area contributed by atoms with E-state index in [1.165, 1.54) is 12.1 Å². The number of nitrogens with zero attached hydrogens (tertiary/aromatic N) is 1. The van der Waals surface area contributed by atoms with E-state index in [2.05, 4.69) is 4.72 Å². The van der Waals surface area contributed by atoms with Crippen molar-refractivity contribution < 1.29 is 13.2 Å². The lowest BCUT2D eigenvalue weighted by atomic mass is 10.1. The average molecular weight is 360 g/mol. The van der Waals surface area contributed by atoms with Crippen LogP contribution in [0.25, 0.3) is 0 Å². The molecule has 25 heavy (non-hydrogen) atoms. The number of aryl methyl sites for hydroxylation is 2. The van der Waals surface area contributed by atoms with Crippen molar-refractivity contribution >= 4 is 15.9 Å². The Balaban J connectivity index is 2.27. The molecule has 0 saturated carbocycles. The molecule has 5 nitrogen and oxygen atoms in total. The van der Waals surface area contributed by atoms with Crippen LogP contribution in [0.1, 0.15) is 34.0 Å². The number of carbonyl (C=O) groups excluding carboxylic acids is 1. The Morgan fingerprint density at radius 1 is 1.08 bits per heavy atom. The van der Waals surface area contributed by atoms with Crippen LogP contribution in [-0.2, 0) is 16.6 Å². The number of hydrogen-bond donors (Lipinski definition) is 1. The third-order valence-corrected chi connectivity index (χ3v) is 5.51. The van der Waals surface area contributed by atoms with Crippen LogP contribution in [0.3, 0.4) is 0 Å². The van der Waals surface area contributed by atoms with E-state index in [4.69, 9.17) is 0 Å². The van der Waals surface area contributed by atoms with Crippen LogP contribution in [0.5, 0.6) is 0 Å². The lowest BCUT2D eigenvalue weighted by Gasteiger charge is -2.19. The number of benzene rings is 2. The zero-order chi connectivity index (χ0) is 18.6. The number of rotatable bonds is 6. The van der Waals surface area contributed by atoms with Crippen LogP contribution in [0.4, 0.5) is 0 Å². The third kappa shape index (κ3) is 4.67. The van der Waals surface area contributed by atoms with Gasteiger partial charge in [0.1, 0.15) is 0 Å². The normalized spacial score (nSPS) is 11.4. The van der Waals surface area contributed by atoms with Gasteiger partial charge in [-0.05, 0) is 37.1 Å². The highest BCUT2D eigenvalue weighted by molar-refractivity contribution is 7.89. The number of amides is 1. The van der Waals surface area contributed by atoms with E-state index in [-0.39, 0.29) is 10.8 Å². The van der Waals surface area contributed by atoms with Crippen LogP contribution in [0.15, 0.2) is 47.4 Å². The molecule has 0 fully saturated rings. The molecule has 0 heterocycles. The van der Waals surface area contributed by atoms with E-state index < -0.39 is 10.0 Å². The van der Waals surface area contributed by atoms with Crippen molar-refractivity contribution in [1.29, 1.82) is 0 Å². The van der Waals surface area contributed by atoms with Gasteiger partial charge in [-0.25, -0.2) is 13.1 Å². The Kier molecular flexibility index (Phi) is 5.98. The molecule has 0 aliphatic carbocycles. The van der Waals surface area contributed by atoms with Gasteiger partial charge in [-0.1, -0.05) is 42.8 Å². The molecule has 0 spiro atoms. The molecule has 0 atom stereocenters. The molecule has 134 valence electrons. The maximum absolute atomic E-state index is 12.8. The largest absolute Gasteiger partial charge is 0.337 e. The molecule has 6 heteroatoms. The fraction of sp³-hybridized carbons (Fsp3) is 0.316. The molecule has 1 amide bonds. The zero-order valence-electron chi connectivity index (χ0n) is 15.0. The Hall–Kier alpha value is -2.18. The molecule has 2 aromatic rings. The number of hydrogen-bond acceptors (Lipinski definition) is 3. The van der Waals surface area contributed by atoms with Gasteiger partial charge >= 0.3 is 0 Å². The predicted octanol–water partition coefficient (Wildman–Crippen LogP) is 2.87. The van der Waals surface area contributed by atoms with Crippen molar-refractivity contribution in [2.75, 3.05) is 13.6 Å². The highest BCUT2D eigenvalue weighted by Gasteiger charge is 2.19. The molecular weight excluding hydrogens is 336 g/mol. The summed E-state index contributed by atoms with van der Waals surface area (Å²) in [6.45, 7) is 6.29. The van der Waals surface area contributed by atoms with E-state index >= 15 is 0 Å². The molecule has 1 N–H and O–H groups in total. The minimum atomic E-state index is -3.59. The molecule has 0 aliphatic rings. The first-order valence-electron chi connectivity index (χ1n) is 8.16. The molecule has 2 rings (SSSR count). The first-order chi connectivity index (χ1) is 11.7. The van der Waals surface area contributed by atoms with Gasteiger partial charge in [-0.2, -0.15) is 0 Å². The minimum absolute atomic E-state index is 0.104. The smallest absolute Gasteiger partial charge is 0.254 e. The maximum atomic E-state index is 12.8. The molecule has 0 aliphatic heterocycles. The second kappa shape index (κ2) is 7.80. The summed E-state index contributed by atoms with van der Waals surface area (Å²) in [5.74, 6) is -0.202. The Morgan fingerprint density at radius 3 is 2.32 bits per heavy atom. The van der Waals surface area contributed by atoms with Gasteiger partial charge in [0.15, 0.2) is 0 Å². The highest BCUT2D eigenvalue weighted by atomic mass is 32.2. The van der Waals surface area contributed by atoms with Crippen molar-refractivity contribution in [1.82, 2.24) is 9.62 Å². The van der Waals surface area contributed by atoms with Gasteiger partial charge in [0, 0.05) is 25.7 Å².